The molecule has 2 aliphatic rings. The number of hydrogen-bond donors (Lipinski definition) is 1. The molecule has 2 fully saturated rings. The largest absolute Gasteiger partial charge is 0.487 e. The Morgan fingerprint density at radius 2 is 1.81 bits per heavy atom. The Labute approximate surface area is 280 Å². The number of nitriles is 1. The van der Waals surface area contributed by atoms with Crippen LogP contribution in [-0.2, 0) is 11.3 Å². The van der Waals surface area contributed by atoms with Gasteiger partial charge in [0.25, 0.3) is 5.88 Å². The van der Waals surface area contributed by atoms with Gasteiger partial charge >= 0.3 is 6.18 Å². The highest BCUT2D eigenvalue weighted by molar-refractivity contribution is 5.85. The summed E-state index contributed by atoms with van der Waals surface area (Å²) in [4.78, 5) is 11.2. The summed E-state index contributed by atoms with van der Waals surface area (Å²) in [6, 6.07) is 7.75. The molecule has 4 heterocycles. The third-order valence-electron chi connectivity index (χ3n) is 8.17. The summed E-state index contributed by atoms with van der Waals surface area (Å²) in [6.45, 7) is 4.06. The molecule has 6 rings (SSSR count). The van der Waals surface area contributed by atoms with Gasteiger partial charge in [0.05, 0.1) is 37.6 Å². The van der Waals surface area contributed by atoms with E-state index in [-0.39, 0.29) is 42.1 Å². The third kappa shape index (κ3) is 8.88. The molecule has 1 aliphatic carbocycles. The number of halogens is 4. The zero-order valence-corrected chi connectivity index (χ0v) is 26.9. The normalized spacial score (nSPS) is 19.1. The zero-order valence-electron chi connectivity index (χ0n) is 26.1. The maximum absolute atomic E-state index is 13.1. The second-order valence-electron chi connectivity index (χ2n) is 11.5. The molecule has 1 aromatic carbocycles. The van der Waals surface area contributed by atoms with Crippen molar-refractivity contribution >= 4 is 24.0 Å². The van der Waals surface area contributed by atoms with Gasteiger partial charge in [-0.1, -0.05) is 6.07 Å². The number of nitrogens with one attached hydrogen (secondary N) is 1. The zero-order chi connectivity index (χ0) is 32.8. The van der Waals surface area contributed by atoms with Crippen LogP contribution in [0.1, 0.15) is 44.2 Å². The Hall–Kier alpha value is -4.53. The molecule has 0 spiro atoms. The molecule has 0 bridgehead atoms. The molecule has 3 aromatic heterocycles. The molecule has 1 atom stereocenters. The lowest BCUT2D eigenvalue weighted by atomic mass is 9.90. The van der Waals surface area contributed by atoms with Crippen molar-refractivity contribution in [2.45, 2.75) is 63.5 Å². The van der Waals surface area contributed by atoms with Crippen LogP contribution in [0.4, 0.5) is 24.8 Å². The first kappa shape index (κ1) is 34.8. The Bertz CT molecular complexity index is 1650. The lowest BCUT2D eigenvalue weighted by Gasteiger charge is -2.38. The summed E-state index contributed by atoms with van der Waals surface area (Å²) in [5.41, 5.74) is 1.94. The van der Waals surface area contributed by atoms with E-state index in [0.29, 0.717) is 35.0 Å². The average molecular weight is 690 g/mol. The number of nitrogens with zero attached hydrogens (tertiary/aromatic N) is 10. The van der Waals surface area contributed by atoms with Crippen molar-refractivity contribution in [2.75, 3.05) is 38.2 Å². The molecule has 1 aliphatic heterocycles. The Morgan fingerprint density at radius 1 is 1.08 bits per heavy atom. The minimum atomic E-state index is -4.52. The van der Waals surface area contributed by atoms with Gasteiger partial charge in [-0.2, -0.15) is 18.4 Å². The molecule has 256 valence electrons. The lowest BCUT2D eigenvalue weighted by molar-refractivity contribution is -0.154. The second-order valence-corrected chi connectivity index (χ2v) is 11.5. The molecule has 14 nitrogen and oxygen atoms in total. The molecular formula is C30H35ClF3N11O3. The molecule has 0 amide bonds. The minimum absolute atomic E-state index is 0. The SMILES string of the molecule is C[C@@H](Cn1cnnn1)Oc1cc(-c2cnc(Nc3cn(C4CCC(N5CCOCC5)CC4)nc3OCC(F)(F)F)nc2)ccc1C#N.Cl. The van der Waals surface area contributed by atoms with Gasteiger partial charge in [-0.15, -0.1) is 22.6 Å². The van der Waals surface area contributed by atoms with Crippen molar-refractivity contribution in [1.82, 2.24) is 44.9 Å². The second kappa shape index (κ2) is 15.6. The standard InChI is InChI=1S/C30H34F3N11O3.ClH/c1-20(16-43-19-37-40-41-43)47-27-12-21(2-3-22(27)13-34)23-14-35-29(36-15-23)38-26-17-44(39-28(26)46-18-30(31,32)33)25-6-4-24(5-7-25)42-8-10-45-11-9-42;/h2-3,12,14-15,17,19-20,24-25H,4-11,16,18H2,1H3,(H,35,36,38);1H/t20-,24?,25?;/m0./s1. The summed E-state index contributed by atoms with van der Waals surface area (Å²) in [5, 5.41) is 28.0. The first-order chi connectivity index (χ1) is 22.7. The average Bonchev–Trinajstić information content (AvgIpc) is 3.74. The highest BCUT2D eigenvalue weighted by Gasteiger charge is 2.32. The van der Waals surface area contributed by atoms with E-state index in [4.69, 9.17) is 14.2 Å². The number of tetrazole rings is 1. The molecule has 1 saturated carbocycles. The lowest BCUT2D eigenvalue weighted by Crippen LogP contribution is -2.45. The highest BCUT2D eigenvalue weighted by Crippen LogP contribution is 2.35. The van der Waals surface area contributed by atoms with Gasteiger partial charge < -0.3 is 19.5 Å². The highest BCUT2D eigenvalue weighted by atomic mass is 35.5. The maximum Gasteiger partial charge on any atom is 0.422 e. The van der Waals surface area contributed by atoms with Gasteiger partial charge in [0.15, 0.2) is 6.61 Å². The molecule has 4 aromatic rings. The molecule has 1 N–H and O–H groups in total. The van der Waals surface area contributed by atoms with Gasteiger partial charge in [0.1, 0.15) is 29.9 Å². The minimum Gasteiger partial charge on any atom is -0.487 e. The fourth-order valence-corrected chi connectivity index (χ4v) is 5.87. The topological polar surface area (TPSA) is 154 Å². The van der Waals surface area contributed by atoms with Crippen LogP contribution in [0, 0.1) is 11.3 Å². The third-order valence-corrected chi connectivity index (χ3v) is 8.17. The van der Waals surface area contributed by atoms with Crippen molar-refractivity contribution in [3.8, 4) is 28.8 Å². The number of hydrogen-bond acceptors (Lipinski definition) is 12. The quantitative estimate of drug-likeness (QED) is 0.234. The van der Waals surface area contributed by atoms with Crippen LogP contribution in [0.15, 0.2) is 43.1 Å². The van der Waals surface area contributed by atoms with Crippen LogP contribution in [-0.4, -0.2) is 96.1 Å². The number of benzene rings is 1. The van der Waals surface area contributed by atoms with E-state index in [1.807, 2.05) is 6.92 Å². The fourth-order valence-electron chi connectivity index (χ4n) is 5.87. The summed E-state index contributed by atoms with van der Waals surface area (Å²) in [6.07, 6.45) is 5.04. The molecule has 1 saturated heterocycles. The number of aromatic nitrogens is 8. The van der Waals surface area contributed by atoms with Crippen LogP contribution < -0.4 is 14.8 Å². The fraction of sp³-hybridized carbons (Fsp3) is 0.500. The predicted octanol–water partition coefficient (Wildman–Crippen LogP) is 4.59. The molecule has 0 unspecified atom stereocenters. The molecule has 0 radical (unpaired) electrons. The molecule has 18 heteroatoms. The van der Waals surface area contributed by atoms with Crippen LogP contribution >= 0.6 is 12.4 Å². The Kier molecular flexibility index (Phi) is 11.3. The maximum atomic E-state index is 13.1. The van der Waals surface area contributed by atoms with Crippen molar-refractivity contribution < 1.29 is 27.4 Å². The molecular weight excluding hydrogens is 655 g/mol. The van der Waals surface area contributed by atoms with E-state index in [2.05, 4.69) is 46.9 Å². The van der Waals surface area contributed by atoms with Crippen molar-refractivity contribution in [3.63, 3.8) is 0 Å². The summed E-state index contributed by atoms with van der Waals surface area (Å²) in [7, 11) is 0. The van der Waals surface area contributed by atoms with Gasteiger partial charge in [-0.05, 0) is 60.7 Å². The van der Waals surface area contributed by atoms with Crippen LogP contribution in [0.2, 0.25) is 0 Å². The van der Waals surface area contributed by atoms with Gasteiger partial charge in [-0.25, -0.2) is 14.6 Å². The number of rotatable bonds is 11. The Morgan fingerprint density at radius 3 is 2.48 bits per heavy atom. The first-order valence-corrected chi connectivity index (χ1v) is 15.4. The van der Waals surface area contributed by atoms with Crippen LogP contribution in [0.25, 0.3) is 11.1 Å². The predicted molar refractivity (Wildman–Crippen MR) is 168 cm³/mol. The monoisotopic (exact) mass is 689 g/mol. The van der Waals surface area contributed by atoms with E-state index >= 15 is 0 Å². The Balaban J connectivity index is 0.00000451. The number of alkyl halides is 3. The number of ether oxygens (including phenoxy) is 3. The van der Waals surface area contributed by atoms with E-state index < -0.39 is 12.8 Å². The van der Waals surface area contributed by atoms with E-state index in [9.17, 15) is 18.4 Å². The van der Waals surface area contributed by atoms with Gasteiger partial charge in [-0.3, -0.25) is 9.58 Å². The first-order valence-electron chi connectivity index (χ1n) is 15.4. The summed E-state index contributed by atoms with van der Waals surface area (Å²) >= 11 is 0. The summed E-state index contributed by atoms with van der Waals surface area (Å²) in [5.74, 6) is 0.363. The van der Waals surface area contributed by atoms with Gasteiger partial charge in [0.2, 0.25) is 5.95 Å². The van der Waals surface area contributed by atoms with E-state index in [0.717, 1.165) is 52.0 Å². The smallest absolute Gasteiger partial charge is 0.422 e. The van der Waals surface area contributed by atoms with Crippen molar-refractivity contribution in [2.24, 2.45) is 0 Å². The van der Waals surface area contributed by atoms with E-state index in [1.54, 1.807) is 41.5 Å². The summed E-state index contributed by atoms with van der Waals surface area (Å²) < 4.78 is 59.0. The van der Waals surface area contributed by atoms with Crippen molar-refractivity contribution in [1.29, 1.82) is 5.26 Å². The van der Waals surface area contributed by atoms with Crippen LogP contribution in [0.3, 0.4) is 0 Å². The van der Waals surface area contributed by atoms with Crippen molar-refractivity contribution in [3.05, 3.63) is 48.7 Å². The van der Waals surface area contributed by atoms with Crippen LogP contribution in [0.5, 0.6) is 11.6 Å². The number of anilines is 2. The van der Waals surface area contributed by atoms with E-state index in [1.165, 1.54) is 11.0 Å². The van der Waals surface area contributed by atoms with Gasteiger partial charge in [0, 0.05) is 37.1 Å². The molecule has 48 heavy (non-hydrogen) atoms. The number of morpholine rings is 1.